The van der Waals surface area contributed by atoms with E-state index in [1.807, 2.05) is 0 Å². The average Bonchev–Trinajstić information content (AvgIpc) is 2.38. The second kappa shape index (κ2) is 6.02. The molecule has 0 aliphatic heterocycles. The molecule has 0 saturated carbocycles. The molecule has 0 heterocycles. The number of nitro groups is 1. The van der Waals surface area contributed by atoms with E-state index in [1.165, 1.54) is 18.2 Å². The van der Waals surface area contributed by atoms with E-state index in [-0.39, 0.29) is 10.7 Å². The van der Waals surface area contributed by atoms with Crippen LogP contribution in [0.2, 0.25) is 5.02 Å². The topological polar surface area (TPSA) is 69.4 Å². The van der Waals surface area contributed by atoms with E-state index in [0.29, 0.717) is 21.5 Å². The molecule has 2 rings (SSSR count). The Balaban J connectivity index is 2.26. The van der Waals surface area contributed by atoms with Crippen molar-refractivity contribution in [1.29, 1.82) is 0 Å². The Morgan fingerprint density at radius 3 is 2.40 bits per heavy atom. The van der Waals surface area contributed by atoms with E-state index in [0.717, 1.165) is 6.29 Å². The largest absolute Gasteiger partial charge is 0.457 e. The first-order valence-electron chi connectivity index (χ1n) is 5.38. The van der Waals surface area contributed by atoms with E-state index in [1.54, 1.807) is 18.2 Å². The first kappa shape index (κ1) is 14.5. The third kappa shape index (κ3) is 3.15. The molecule has 7 heteroatoms. The van der Waals surface area contributed by atoms with E-state index in [2.05, 4.69) is 15.9 Å². The SMILES string of the molecule is O=Cc1ccc(Oc2ccc([N+](=O)[O-])c(Cl)c2)cc1Br. The van der Waals surface area contributed by atoms with Gasteiger partial charge in [-0.15, -0.1) is 0 Å². The molecule has 0 saturated heterocycles. The number of hydrogen-bond acceptors (Lipinski definition) is 4. The summed E-state index contributed by atoms with van der Waals surface area (Å²) in [7, 11) is 0. The van der Waals surface area contributed by atoms with Crippen molar-refractivity contribution in [2.24, 2.45) is 0 Å². The van der Waals surface area contributed by atoms with Gasteiger partial charge in [-0.2, -0.15) is 0 Å². The zero-order valence-electron chi connectivity index (χ0n) is 9.88. The van der Waals surface area contributed by atoms with Crippen LogP contribution in [0.1, 0.15) is 10.4 Å². The van der Waals surface area contributed by atoms with Crippen LogP contribution >= 0.6 is 27.5 Å². The molecule has 20 heavy (non-hydrogen) atoms. The molecule has 0 atom stereocenters. The maximum Gasteiger partial charge on any atom is 0.288 e. The van der Waals surface area contributed by atoms with Crippen LogP contribution < -0.4 is 4.74 Å². The summed E-state index contributed by atoms with van der Waals surface area (Å²) >= 11 is 9.03. The highest BCUT2D eigenvalue weighted by molar-refractivity contribution is 9.10. The second-order valence-corrected chi connectivity index (χ2v) is 5.04. The van der Waals surface area contributed by atoms with Gasteiger partial charge < -0.3 is 4.74 Å². The van der Waals surface area contributed by atoms with Gasteiger partial charge in [0.15, 0.2) is 6.29 Å². The minimum absolute atomic E-state index is 0.00363. The number of aldehydes is 1. The molecule has 0 amide bonds. The van der Waals surface area contributed by atoms with Gasteiger partial charge in [0.2, 0.25) is 0 Å². The van der Waals surface area contributed by atoms with Crippen molar-refractivity contribution in [2.75, 3.05) is 0 Å². The van der Waals surface area contributed by atoms with Crippen LogP contribution in [0.15, 0.2) is 40.9 Å². The molecule has 2 aromatic carbocycles. The Labute approximate surface area is 127 Å². The summed E-state index contributed by atoms with van der Waals surface area (Å²) in [6.07, 6.45) is 0.719. The predicted octanol–water partition coefficient (Wildman–Crippen LogP) is 4.62. The minimum Gasteiger partial charge on any atom is -0.457 e. The number of nitrogens with zero attached hydrogens (tertiary/aromatic N) is 1. The molecule has 0 fully saturated rings. The van der Waals surface area contributed by atoms with E-state index >= 15 is 0 Å². The molecular weight excluding hydrogens is 350 g/mol. The lowest BCUT2D eigenvalue weighted by Crippen LogP contribution is -1.91. The lowest BCUT2D eigenvalue weighted by molar-refractivity contribution is -0.384. The molecule has 0 aliphatic rings. The number of halogens is 2. The fraction of sp³-hybridized carbons (Fsp3) is 0. The molecule has 0 spiro atoms. The normalized spacial score (nSPS) is 10.1. The number of carbonyl (C=O) groups excluding carboxylic acids is 1. The Kier molecular flexibility index (Phi) is 4.36. The van der Waals surface area contributed by atoms with Gasteiger partial charge in [-0.25, -0.2) is 0 Å². The van der Waals surface area contributed by atoms with Gasteiger partial charge in [0.1, 0.15) is 16.5 Å². The van der Waals surface area contributed by atoms with Crippen LogP contribution in [-0.2, 0) is 0 Å². The van der Waals surface area contributed by atoms with E-state index in [9.17, 15) is 14.9 Å². The maximum absolute atomic E-state index is 10.7. The third-order valence-electron chi connectivity index (χ3n) is 2.45. The fourth-order valence-electron chi connectivity index (χ4n) is 1.50. The first-order valence-corrected chi connectivity index (χ1v) is 6.55. The summed E-state index contributed by atoms with van der Waals surface area (Å²) in [4.78, 5) is 20.8. The van der Waals surface area contributed by atoms with Crippen LogP contribution in [-0.4, -0.2) is 11.2 Å². The third-order valence-corrected chi connectivity index (χ3v) is 3.44. The van der Waals surface area contributed by atoms with Crippen LogP contribution in [0.4, 0.5) is 5.69 Å². The van der Waals surface area contributed by atoms with Gasteiger partial charge >= 0.3 is 0 Å². The number of carbonyl (C=O) groups is 1. The highest BCUT2D eigenvalue weighted by Crippen LogP contribution is 2.32. The molecule has 0 aromatic heterocycles. The lowest BCUT2D eigenvalue weighted by atomic mass is 10.2. The van der Waals surface area contributed by atoms with Crippen molar-refractivity contribution in [3.63, 3.8) is 0 Å². The van der Waals surface area contributed by atoms with Gasteiger partial charge in [0.05, 0.1) is 4.92 Å². The Morgan fingerprint density at radius 1 is 1.20 bits per heavy atom. The maximum atomic E-state index is 10.7. The van der Waals surface area contributed by atoms with Crippen molar-refractivity contribution in [3.05, 3.63) is 61.6 Å². The summed E-state index contributed by atoms with van der Waals surface area (Å²) in [5.41, 5.74) is 0.315. The van der Waals surface area contributed by atoms with Crippen molar-refractivity contribution < 1.29 is 14.5 Å². The monoisotopic (exact) mass is 355 g/mol. The number of ether oxygens (including phenoxy) is 1. The van der Waals surface area contributed by atoms with Gasteiger partial charge in [0.25, 0.3) is 5.69 Å². The Morgan fingerprint density at radius 2 is 1.85 bits per heavy atom. The highest BCUT2D eigenvalue weighted by atomic mass is 79.9. The molecule has 2 aromatic rings. The Bertz CT molecular complexity index is 690. The smallest absolute Gasteiger partial charge is 0.288 e. The molecule has 0 unspecified atom stereocenters. The second-order valence-electron chi connectivity index (χ2n) is 3.77. The van der Waals surface area contributed by atoms with Crippen LogP contribution in [0.25, 0.3) is 0 Å². The van der Waals surface area contributed by atoms with E-state index in [4.69, 9.17) is 16.3 Å². The fourth-order valence-corrected chi connectivity index (χ4v) is 2.19. The first-order chi connectivity index (χ1) is 9.51. The summed E-state index contributed by atoms with van der Waals surface area (Å²) in [5, 5.41) is 10.6. The molecule has 0 N–H and O–H groups in total. The van der Waals surface area contributed by atoms with Crippen LogP contribution in [0, 0.1) is 10.1 Å². The molecule has 0 bridgehead atoms. The predicted molar refractivity (Wildman–Crippen MR) is 77.7 cm³/mol. The summed E-state index contributed by atoms with van der Waals surface area (Å²) in [6, 6.07) is 8.92. The van der Waals surface area contributed by atoms with Crippen molar-refractivity contribution in [2.45, 2.75) is 0 Å². The average molecular weight is 357 g/mol. The molecular formula is C13H7BrClNO4. The Hall–Kier alpha value is -1.92. The van der Waals surface area contributed by atoms with Gasteiger partial charge in [-0.3, -0.25) is 14.9 Å². The van der Waals surface area contributed by atoms with Crippen molar-refractivity contribution >= 4 is 39.5 Å². The molecule has 0 radical (unpaired) electrons. The number of benzene rings is 2. The zero-order chi connectivity index (χ0) is 14.7. The van der Waals surface area contributed by atoms with Gasteiger partial charge in [-0.05, 0) is 40.2 Å². The standard InChI is InChI=1S/C13H7BrClNO4/c14-11-5-9(2-1-8(11)7-17)20-10-3-4-13(16(18)19)12(15)6-10/h1-7H. The van der Waals surface area contributed by atoms with E-state index < -0.39 is 4.92 Å². The minimum atomic E-state index is -0.568. The highest BCUT2D eigenvalue weighted by Gasteiger charge is 2.13. The van der Waals surface area contributed by atoms with Crippen molar-refractivity contribution in [1.82, 2.24) is 0 Å². The molecule has 0 aliphatic carbocycles. The number of nitro benzene ring substituents is 1. The van der Waals surface area contributed by atoms with Gasteiger partial charge in [0, 0.05) is 22.2 Å². The lowest BCUT2D eigenvalue weighted by Gasteiger charge is -2.07. The summed E-state index contributed by atoms with van der Waals surface area (Å²) in [6.45, 7) is 0. The van der Waals surface area contributed by atoms with Crippen LogP contribution in [0.5, 0.6) is 11.5 Å². The van der Waals surface area contributed by atoms with Crippen LogP contribution in [0.3, 0.4) is 0 Å². The van der Waals surface area contributed by atoms with Crippen molar-refractivity contribution in [3.8, 4) is 11.5 Å². The summed E-state index contributed by atoms with van der Waals surface area (Å²) in [5.74, 6) is 0.846. The molecule has 5 nitrogen and oxygen atoms in total. The number of rotatable bonds is 4. The van der Waals surface area contributed by atoms with Gasteiger partial charge in [-0.1, -0.05) is 11.6 Å². The molecule has 102 valence electrons. The summed E-state index contributed by atoms with van der Waals surface area (Å²) < 4.78 is 6.12. The quantitative estimate of drug-likeness (QED) is 0.455. The zero-order valence-corrected chi connectivity index (χ0v) is 12.2. The number of hydrogen-bond donors (Lipinski definition) is 0.